The molecule has 3 rings (SSSR count). The van der Waals surface area contributed by atoms with Crippen LogP contribution in [0, 0.1) is 0 Å². The lowest BCUT2D eigenvalue weighted by atomic mass is 10.1. The molecule has 0 aliphatic heterocycles. The highest BCUT2D eigenvalue weighted by Gasteiger charge is 2.10. The van der Waals surface area contributed by atoms with Crippen LogP contribution < -0.4 is 0 Å². The van der Waals surface area contributed by atoms with E-state index < -0.39 is 0 Å². The van der Waals surface area contributed by atoms with E-state index in [0.717, 1.165) is 10.9 Å². The van der Waals surface area contributed by atoms with Crippen molar-refractivity contribution >= 4 is 22.6 Å². The first-order chi connectivity index (χ1) is 8.63. The number of phenolic OH excluding ortho intramolecular Hbond substituents is 2. The van der Waals surface area contributed by atoms with Crippen molar-refractivity contribution in [2.75, 3.05) is 0 Å². The van der Waals surface area contributed by atoms with Crippen LogP contribution in [-0.4, -0.2) is 10.2 Å². The quantitative estimate of drug-likeness (QED) is 0.691. The van der Waals surface area contributed by atoms with Gasteiger partial charge in [0, 0.05) is 17.0 Å². The predicted octanol–water partition coefficient (Wildman–Crippen LogP) is 4.16. The van der Waals surface area contributed by atoms with Gasteiger partial charge in [0.1, 0.15) is 17.3 Å². The van der Waals surface area contributed by atoms with Crippen molar-refractivity contribution in [3.05, 3.63) is 47.5 Å². The summed E-state index contributed by atoms with van der Waals surface area (Å²) < 4.78 is 5.66. The second-order valence-electron chi connectivity index (χ2n) is 4.00. The Balaban J connectivity index is 2.19. The number of fused-ring (bicyclic) bond motifs is 1. The number of hydrogen-bond acceptors (Lipinski definition) is 3. The van der Waals surface area contributed by atoms with Crippen LogP contribution in [-0.2, 0) is 0 Å². The Labute approximate surface area is 108 Å². The van der Waals surface area contributed by atoms with Crippen LogP contribution in [0.25, 0.3) is 22.3 Å². The zero-order chi connectivity index (χ0) is 12.7. The van der Waals surface area contributed by atoms with E-state index in [4.69, 9.17) is 16.0 Å². The van der Waals surface area contributed by atoms with Crippen molar-refractivity contribution < 1.29 is 14.6 Å². The lowest BCUT2D eigenvalue weighted by Gasteiger charge is -1.96. The Morgan fingerprint density at radius 1 is 0.889 bits per heavy atom. The SMILES string of the molecule is Oc1ccc(-c2cc3cc(O)cc(Cl)c3o2)cc1. The number of halogens is 1. The van der Waals surface area contributed by atoms with Crippen LogP contribution in [0.3, 0.4) is 0 Å². The molecule has 0 aliphatic rings. The van der Waals surface area contributed by atoms with Gasteiger partial charge in [-0.15, -0.1) is 0 Å². The fourth-order valence-corrected chi connectivity index (χ4v) is 2.12. The molecule has 1 aromatic heterocycles. The summed E-state index contributed by atoms with van der Waals surface area (Å²) in [5, 5.41) is 19.8. The van der Waals surface area contributed by atoms with Gasteiger partial charge in [0.05, 0.1) is 5.02 Å². The normalized spacial score (nSPS) is 10.9. The molecule has 0 saturated carbocycles. The van der Waals surface area contributed by atoms with E-state index in [1.165, 1.54) is 6.07 Å². The minimum Gasteiger partial charge on any atom is -0.508 e. The van der Waals surface area contributed by atoms with E-state index in [1.54, 1.807) is 36.4 Å². The summed E-state index contributed by atoms with van der Waals surface area (Å²) >= 11 is 5.99. The molecule has 3 nitrogen and oxygen atoms in total. The first kappa shape index (κ1) is 11.0. The Kier molecular flexibility index (Phi) is 2.42. The molecular formula is C14H9ClO3. The van der Waals surface area contributed by atoms with E-state index in [1.807, 2.05) is 0 Å². The Morgan fingerprint density at radius 3 is 2.33 bits per heavy atom. The maximum atomic E-state index is 9.47. The molecule has 0 saturated heterocycles. The van der Waals surface area contributed by atoms with Crippen LogP contribution >= 0.6 is 11.6 Å². The van der Waals surface area contributed by atoms with Gasteiger partial charge in [0.25, 0.3) is 0 Å². The molecule has 1 heterocycles. The minimum absolute atomic E-state index is 0.102. The molecule has 0 fully saturated rings. The van der Waals surface area contributed by atoms with Gasteiger partial charge in [0.15, 0.2) is 5.58 Å². The van der Waals surface area contributed by atoms with Crippen molar-refractivity contribution in [2.45, 2.75) is 0 Å². The smallest absolute Gasteiger partial charge is 0.153 e. The largest absolute Gasteiger partial charge is 0.508 e. The van der Waals surface area contributed by atoms with Crippen LogP contribution in [0.1, 0.15) is 0 Å². The monoisotopic (exact) mass is 260 g/mol. The van der Waals surface area contributed by atoms with Gasteiger partial charge in [0.2, 0.25) is 0 Å². The summed E-state index contributed by atoms with van der Waals surface area (Å²) in [5.74, 6) is 0.939. The molecule has 0 aliphatic carbocycles. The summed E-state index contributed by atoms with van der Waals surface area (Å²) in [6.45, 7) is 0. The van der Waals surface area contributed by atoms with E-state index in [0.29, 0.717) is 16.4 Å². The molecule has 2 aromatic carbocycles. The summed E-state index contributed by atoms with van der Waals surface area (Å²) in [5.41, 5.74) is 1.37. The van der Waals surface area contributed by atoms with Gasteiger partial charge in [-0.25, -0.2) is 0 Å². The molecule has 0 bridgehead atoms. The minimum atomic E-state index is 0.102. The molecule has 0 unspecified atom stereocenters. The van der Waals surface area contributed by atoms with Crippen molar-refractivity contribution in [1.29, 1.82) is 0 Å². The highest BCUT2D eigenvalue weighted by molar-refractivity contribution is 6.35. The van der Waals surface area contributed by atoms with Gasteiger partial charge in [-0.3, -0.25) is 0 Å². The Morgan fingerprint density at radius 2 is 1.61 bits per heavy atom. The summed E-state index contributed by atoms with van der Waals surface area (Å²) in [4.78, 5) is 0. The van der Waals surface area contributed by atoms with Crippen LogP contribution in [0.2, 0.25) is 5.02 Å². The van der Waals surface area contributed by atoms with Crippen LogP contribution in [0.15, 0.2) is 46.9 Å². The average molecular weight is 261 g/mol. The third-order valence-corrected chi connectivity index (χ3v) is 2.99. The molecule has 18 heavy (non-hydrogen) atoms. The third-order valence-electron chi connectivity index (χ3n) is 2.71. The lowest BCUT2D eigenvalue weighted by molar-refractivity contribution is 0.475. The molecule has 0 atom stereocenters. The molecule has 0 spiro atoms. The molecular weight excluding hydrogens is 252 g/mol. The first-order valence-corrected chi connectivity index (χ1v) is 5.73. The Bertz CT molecular complexity index is 714. The highest BCUT2D eigenvalue weighted by atomic mass is 35.5. The van der Waals surface area contributed by atoms with Crippen molar-refractivity contribution in [3.8, 4) is 22.8 Å². The highest BCUT2D eigenvalue weighted by Crippen LogP contribution is 2.35. The zero-order valence-corrected chi connectivity index (χ0v) is 9.98. The lowest BCUT2D eigenvalue weighted by Crippen LogP contribution is -1.71. The number of benzene rings is 2. The van der Waals surface area contributed by atoms with E-state index in [9.17, 15) is 10.2 Å². The first-order valence-electron chi connectivity index (χ1n) is 5.35. The number of phenols is 2. The van der Waals surface area contributed by atoms with Gasteiger partial charge in [-0.1, -0.05) is 11.6 Å². The number of furan rings is 1. The zero-order valence-electron chi connectivity index (χ0n) is 9.22. The van der Waals surface area contributed by atoms with Gasteiger partial charge >= 0.3 is 0 Å². The fraction of sp³-hybridized carbons (Fsp3) is 0. The fourth-order valence-electron chi connectivity index (χ4n) is 1.86. The average Bonchev–Trinajstić information content (AvgIpc) is 2.74. The topological polar surface area (TPSA) is 53.6 Å². The maximum absolute atomic E-state index is 9.47. The second-order valence-corrected chi connectivity index (χ2v) is 4.41. The number of hydrogen-bond donors (Lipinski definition) is 2. The molecule has 0 amide bonds. The number of rotatable bonds is 1. The van der Waals surface area contributed by atoms with Gasteiger partial charge < -0.3 is 14.6 Å². The van der Waals surface area contributed by atoms with E-state index in [2.05, 4.69) is 0 Å². The summed E-state index contributed by atoms with van der Waals surface area (Å²) in [6.07, 6.45) is 0. The molecule has 90 valence electrons. The van der Waals surface area contributed by atoms with E-state index in [-0.39, 0.29) is 11.5 Å². The molecule has 0 radical (unpaired) electrons. The van der Waals surface area contributed by atoms with Crippen LogP contribution in [0.5, 0.6) is 11.5 Å². The van der Waals surface area contributed by atoms with Crippen LogP contribution in [0.4, 0.5) is 0 Å². The summed E-state index contributed by atoms with van der Waals surface area (Å²) in [6, 6.07) is 11.5. The van der Waals surface area contributed by atoms with Gasteiger partial charge in [-0.05, 0) is 36.4 Å². The standard InChI is InChI=1S/C14H9ClO3/c15-12-7-11(17)5-9-6-13(18-14(9)12)8-1-3-10(16)4-2-8/h1-7,16-17H. The van der Waals surface area contributed by atoms with E-state index >= 15 is 0 Å². The predicted molar refractivity (Wildman–Crippen MR) is 70.0 cm³/mol. The van der Waals surface area contributed by atoms with Gasteiger partial charge in [-0.2, -0.15) is 0 Å². The number of aromatic hydroxyl groups is 2. The van der Waals surface area contributed by atoms with Crippen molar-refractivity contribution in [2.24, 2.45) is 0 Å². The summed E-state index contributed by atoms with van der Waals surface area (Å²) in [7, 11) is 0. The molecule has 3 aromatic rings. The van der Waals surface area contributed by atoms with Crippen molar-refractivity contribution in [1.82, 2.24) is 0 Å². The maximum Gasteiger partial charge on any atom is 0.153 e. The second kappa shape index (κ2) is 3.96. The Hall–Kier alpha value is -2.13. The third kappa shape index (κ3) is 1.79. The van der Waals surface area contributed by atoms with Crippen molar-refractivity contribution in [3.63, 3.8) is 0 Å². The molecule has 2 N–H and O–H groups in total. The molecule has 4 heteroatoms.